The second-order valence-corrected chi connectivity index (χ2v) is 9.51. The van der Waals surface area contributed by atoms with Crippen LogP contribution < -0.4 is 0 Å². The number of fused-ring (bicyclic) bond motifs is 4. The van der Waals surface area contributed by atoms with Gasteiger partial charge in [-0.2, -0.15) is 0 Å². The number of hydrogen-bond acceptors (Lipinski definition) is 3. The van der Waals surface area contributed by atoms with E-state index in [1.807, 2.05) is 19.9 Å². The predicted molar refractivity (Wildman–Crippen MR) is 107 cm³/mol. The Morgan fingerprint density at radius 3 is 2.59 bits per heavy atom. The monoisotopic (exact) mass is 370 g/mol. The molecule has 4 rings (SSSR count). The highest BCUT2D eigenvalue weighted by atomic mass is 16.6. The number of carbonyl (C=O) groups excluding carboxylic acids is 1. The third kappa shape index (κ3) is 2.98. The molecule has 0 bridgehead atoms. The minimum atomic E-state index is -0.0527. The summed E-state index contributed by atoms with van der Waals surface area (Å²) in [6.45, 7) is 12.8. The fourth-order valence-corrected chi connectivity index (χ4v) is 6.10. The predicted octanol–water partition coefficient (Wildman–Crippen LogP) is 5.02. The van der Waals surface area contributed by atoms with Crippen molar-refractivity contribution < 1.29 is 14.3 Å². The van der Waals surface area contributed by atoms with Crippen molar-refractivity contribution in [3.63, 3.8) is 0 Å². The van der Waals surface area contributed by atoms with Gasteiger partial charge in [0.25, 0.3) is 0 Å². The van der Waals surface area contributed by atoms with E-state index >= 15 is 0 Å². The van der Waals surface area contributed by atoms with Gasteiger partial charge in [0.2, 0.25) is 0 Å². The molecule has 0 N–H and O–H groups in total. The minimum absolute atomic E-state index is 0.0527. The molecule has 0 aromatic carbocycles. The number of carbonyl (C=O) groups is 1. The van der Waals surface area contributed by atoms with Gasteiger partial charge in [0.05, 0.1) is 23.4 Å². The number of hydrogen-bond donors (Lipinski definition) is 0. The van der Waals surface area contributed by atoms with Crippen LogP contribution in [0.2, 0.25) is 0 Å². The highest BCUT2D eigenvalue weighted by Crippen LogP contribution is 2.67. The first-order valence-electron chi connectivity index (χ1n) is 10.6. The average molecular weight is 371 g/mol. The Bertz CT molecular complexity index is 732. The van der Waals surface area contributed by atoms with E-state index in [-0.39, 0.29) is 17.0 Å². The molecule has 2 saturated carbocycles. The van der Waals surface area contributed by atoms with E-state index in [1.165, 1.54) is 5.57 Å². The molecule has 2 saturated heterocycles. The minimum Gasteiger partial charge on any atom is -0.366 e. The molecule has 2 heterocycles. The molecule has 27 heavy (non-hydrogen) atoms. The number of rotatable bonds is 5. The fourth-order valence-electron chi connectivity index (χ4n) is 6.10. The average Bonchev–Trinajstić information content (AvgIpc) is 3.51. The van der Waals surface area contributed by atoms with Gasteiger partial charge in [-0.25, -0.2) is 0 Å². The fraction of sp³-hybridized carbons (Fsp3) is 0.708. The van der Waals surface area contributed by atoms with Crippen LogP contribution in [0.1, 0.15) is 60.8 Å². The maximum absolute atomic E-state index is 11.9. The Hall–Kier alpha value is -1.19. The highest BCUT2D eigenvalue weighted by molar-refractivity contribution is 5.94. The van der Waals surface area contributed by atoms with Crippen molar-refractivity contribution in [3.8, 4) is 0 Å². The van der Waals surface area contributed by atoms with Gasteiger partial charge in [0.15, 0.2) is 5.78 Å². The van der Waals surface area contributed by atoms with Gasteiger partial charge in [-0.3, -0.25) is 4.79 Å². The van der Waals surface area contributed by atoms with Crippen LogP contribution in [-0.2, 0) is 14.3 Å². The van der Waals surface area contributed by atoms with Crippen LogP contribution in [0, 0.1) is 23.7 Å². The first-order valence-corrected chi connectivity index (χ1v) is 10.6. The van der Waals surface area contributed by atoms with Crippen molar-refractivity contribution in [1.29, 1.82) is 0 Å². The zero-order valence-corrected chi connectivity index (χ0v) is 17.6. The molecule has 8 atom stereocenters. The standard InChI is InChI=1S/C24H34O3/c1-7-14(3)21-16(11-9-10-15(4)19(25)8-2)17-12-20-23(5,26-20)13-18(17)22-24(21,6)27-22/h7,9-11,16-18,20-22H,8,12-13H2,1-6H3/b11-9+,14-7+,15-10+. The second kappa shape index (κ2) is 6.42. The second-order valence-electron chi connectivity index (χ2n) is 9.51. The van der Waals surface area contributed by atoms with E-state index in [0.29, 0.717) is 42.3 Å². The normalized spacial score (nSPS) is 48.7. The summed E-state index contributed by atoms with van der Waals surface area (Å²) in [5.74, 6) is 2.24. The molecule has 2 aliphatic heterocycles. The van der Waals surface area contributed by atoms with Crippen LogP contribution in [0.15, 0.2) is 35.5 Å². The molecule has 0 aromatic rings. The van der Waals surface area contributed by atoms with E-state index in [9.17, 15) is 4.79 Å². The number of epoxide rings is 2. The van der Waals surface area contributed by atoms with Gasteiger partial charge in [-0.05, 0) is 70.8 Å². The van der Waals surface area contributed by atoms with Crippen LogP contribution in [-0.4, -0.2) is 29.2 Å². The summed E-state index contributed by atoms with van der Waals surface area (Å²) >= 11 is 0. The molecule has 0 amide bonds. The Morgan fingerprint density at radius 1 is 1.19 bits per heavy atom. The summed E-state index contributed by atoms with van der Waals surface area (Å²) < 4.78 is 12.5. The molecule has 4 fully saturated rings. The third-order valence-corrected chi connectivity index (χ3v) is 7.87. The van der Waals surface area contributed by atoms with Gasteiger partial charge in [0.1, 0.15) is 0 Å². The highest BCUT2D eigenvalue weighted by Gasteiger charge is 2.72. The SMILES string of the molecule is C/C=C(\C)C1C(/C=C/C=C(\C)C(=O)CC)C2CC3OC3(C)CC2C2OC21C. The molecule has 8 unspecified atom stereocenters. The number of Topliss-reactive ketones (excluding diaryl/α,β-unsaturated/α-hetero) is 1. The molecule has 3 nitrogen and oxygen atoms in total. The Balaban J connectivity index is 1.65. The van der Waals surface area contributed by atoms with Crippen molar-refractivity contribution in [2.24, 2.45) is 23.7 Å². The van der Waals surface area contributed by atoms with Crippen molar-refractivity contribution in [3.05, 3.63) is 35.5 Å². The molecule has 148 valence electrons. The van der Waals surface area contributed by atoms with E-state index in [4.69, 9.17) is 9.47 Å². The van der Waals surface area contributed by atoms with E-state index in [2.05, 4.69) is 45.9 Å². The lowest BCUT2D eigenvalue weighted by Crippen LogP contribution is -2.48. The maximum atomic E-state index is 11.9. The van der Waals surface area contributed by atoms with Crippen LogP contribution in [0.5, 0.6) is 0 Å². The van der Waals surface area contributed by atoms with Gasteiger partial charge >= 0.3 is 0 Å². The topological polar surface area (TPSA) is 42.1 Å². The molecular formula is C24H34O3. The summed E-state index contributed by atoms with van der Waals surface area (Å²) in [7, 11) is 0. The van der Waals surface area contributed by atoms with Crippen LogP contribution in [0.3, 0.4) is 0 Å². The zero-order valence-electron chi connectivity index (χ0n) is 17.6. The first-order chi connectivity index (χ1) is 12.7. The summed E-state index contributed by atoms with van der Waals surface area (Å²) in [5, 5.41) is 0. The van der Waals surface area contributed by atoms with Gasteiger partial charge in [-0.1, -0.05) is 36.8 Å². The Morgan fingerprint density at radius 2 is 1.93 bits per heavy atom. The molecule has 2 aliphatic carbocycles. The maximum Gasteiger partial charge on any atom is 0.158 e. The summed E-state index contributed by atoms with van der Waals surface area (Å²) in [6.07, 6.45) is 12.3. The number of ether oxygens (including phenoxy) is 2. The number of allylic oxidation sites excluding steroid dienone is 5. The summed E-state index contributed by atoms with van der Waals surface area (Å²) in [4.78, 5) is 11.9. The molecule has 0 radical (unpaired) electrons. The van der Waals surface area contributed by atoms with Crippen molar-refractivity contribution in [2.75, 3.05) is 0 Å². The lowest BCUT2D eigenvalue weighted by Gasteiger charge is -2.45. The molecule has 3 heteroatoms. The van der Waals surface area contributed by atoms with Crippen LogP contribution >= 0.6 is 0 Å². The van der Waals surface area contributed by atoms with Crippen LogP contribution in [0.25, 0.3) is 0 Å². The molecular weight excluding hydrogens is 336 g/mol. The Labute approximate surface area is 163 Å². The van der Waals surface area contributed by atoms with Gasteiger partial charge in [-0.15, -0.1) is 0 Å². The summed E-state index contributed by atoms with van der Waals surface area (Å²) in [5.41, 5.74) is 2.30. The third-order valence-electron chi connectivity index (χ3n) is 7.87. The smallest absolute Gasteiger partial charge is 0.158 e. The Kier molecular flexibility index (Phi) is 4.55. The van der Waals surface area contributed by atoms with Gasteiger partial charge < -0.3 is 9.47 Å². The lowest BCUT2D eigenvalue weighted by atomic mass is 9.55. The molecule has 4 aliphatic rings. The van der Waals surface area contributed by atoms with Crippen molar-refractivity contribution in [2.45, 2.75) is 84.2 Å². The largest absolute Gasteiger partial charge is 0.366 e. The zero-order chi connectivity index (χ0) is 19.6. The quantitative estimate of drug-likeness (QED) is 0.295. The molecule has 0 aromatic heterocycles. The number of ketones is 1. The molecule has 0 spiro atoms. The van der Waals surface area contributed by atoms with Crippen LogP contribution in [0.4, 0.5) is 0 Å². The van der Waals surface area contributed by atoms with E-state index in [0.717, 1.165) is 18.4 Å². The summed E-state index contributed by atoms with van der Waals surface area (Å²) in [6, 6.07) is 0. The van der Waals surface area contributed by atoms with Gasteiger partial charge in [0, 0.05) is 12.3 Å². The lowest BCUT2D eigenvalue weighted by molar-refractivity contribution is -0.115. The van der Waals surface area contributed by atoms with E-state index in [1.54, 1.807) is 0 Å². The van der Waals surface area contributed by atoms with Crippen molar-refractivity contribution >= 4 is 5.78 Å². The van der Waals surface area contributed by atoms with Crippen molar-refractivity contribution in [1.82, 2.24) is 0 Å². The van der Waals surface area contributed by atoms with E-state index < -0.39 is 0 Å². The first kappa shape index (κ1) is 19.1.